The van der Waals surface area contributed by atoms with E-state index in [4.69, 9.17) is 0 Å². The summed E-state index contributed by atoms with van der Waals surface area (Å²) in [5, 5.41) is 10.6. The Bertz CT molecular complexity index is 812. The van der Waals surface area contributed by atoms with E-state index in [9.17, 15) is 9.59 Å². The van der Waals surface area contributed by atoms with E-state index in [1.807, 2.05) is 17.8 Å². The Balaban J connectivity index is 0.00000261. The van der Waals surface area contributed by atoms with Crippen LogP contribution in [0.4, 0.5) is 5.69 Å². The van der Waals surface area contributed by atoms with E-state index in [1.165, 1.54) is 4.90 Å². The number of benzene rings is 1. The molecule has 0 aliphatic carbocycles. The zero-order valence-corrected chi connectivity index (χ0v) is 16.7. The average Bonchev–Trinajstić information content (AvgIpc) is 3.12. The summed E-state index contributed by atoms with van der Waals surface area (Å²) in [7, 11) is 3.44. The van der Waals surface area contributed by atoms with Gasteiger partial charge in [0.05, 0.1) is 6.04 Å². The molecule has 2 N–H and O–H groups in total. The Morgan fingerprint density at radius 2 is 2.07 bits per heavy atom. The number of rotatable bonds is 4. The Morgan fingerprint density at radius 1 is 1.30 bits per heavy atom. The fourth-order valence-electron chi connectivity index (χ4n) is 3.14. The Kier molecular flexibility index (Phi) is 6.98. The number of anilines is 1. The van der Waals surface area contributed by atoms with Crippen molar-refractivity contribution in [1.29, 1.82) is 0 Å². The molecule has 1 aromatic carbocycles. The van der Waals surface area contributed by atoms with Crippen molar-refractivity contribution in [2.45, 2.75) is 25.8 Å². The number of nitrogens with one attached hydrogen (secondary N) is 2. The highest BCUT2D eigenvalue weighted by atomic mass is 35.5. The molecule has 1 aromatic heterocycles. The zero-order valence-electron chi connectivity index (χ0n) is 15.9. The molecular formula is C19H26ClN5O2. The summed E-state index contributed by atoms with van der Waals surface area (Å²) >= 11 is 0. The van der Waals surface area contributed by atoms with Crippen molar-refractivity contribution in [3.05, 3.63) is 47.3 Å². The van der Waals surface area contributed by atoms with Gasteiger partial charge < -0.3 is 15.5 Å². The van der Waals surface area contributed by atoms with Crippen molar-refractivity contribution in [2.75, 3.05) is 32.5 Å². The quantitative estimate of drug-likeness (QED) is 0.839. The third kappa shape index (κ3) is 4.87. The molecule has 0 spiro atoms. The molecule has 1 aliphatic heterocycles. The number of carbonyl (C=O) groups is 2. The van der Waals surface area contributed by atoms with Crippen LogP contribution in [0.15, 0.2) is 30.5 Å². The zero-order chi connectivity index (χ0) is 18.7. The maximum Gasteiger partial charge on any atom is 0.276 e. The van der Waals surface area contributed by atoms with Crippen molar-refractivity contribution < 1.29 is 9.59 Å². The van der Waals surface area contributed by atoms with Gasteiger partial charge in [-0.05, 0) is 56.1 Å². The molecule has 8 heteroatoms. The first-order chi connectivity index (χ1) is 12.5. The fraction of sp³-hybridized carbons (Fsp3) is 0.421. The molecule has 146 valence electrons. The topological polar surface area (TPSA) is 79.3 Å². The standard InChI is InChI=1S/C19H25N5O2.ClH/c1-13-11-14(6-7-16(13)19(26)23(2)3)21-18(25)17-8-10-24(22-17)15-5-4-9-20-12-15;/h6-8,10-11,15,20H,4-5,9,12H2,1-3H3,(H,21,25);1H. The van der Waals surface area contributed by atoms with E-state index in [0.717, 1.165) is 31.5 Å². The number of nitrogens with zero attached hydrogens (tertiary/aromatic N) is 3. The van der Waals surface area contributed by atoms with E-state index >= 15 is 0 Å². The molecule has 1 aliphatic rings. The molecule has 0 radical (unpaired) electrons. The number of hydrogen-bond acceptors (Lipinski definition) is 4. The summed E-state index contributed by atoms with van der Waals surface area (Å²) in [6.07, 6.45) is 4.04. The van der Waals surface area contributed by atoms with Crippen LogP contribution in [0.2, 0.25) is 0 Å². The fourth-order valence-corrected chi connectivity index (χ4v) is 3.14. The number of piperidine rings is 1. The van der Waals surface area contributed by atoms with Crippen LogP contribution >= 0.6 is 12.4 Å². The van der Waals surface area contributed by atoms with Gasteiger partial charge in [-0.3, -0.25) is 14.3 Å². The van der Waals surface area contributed by atoms with Crippen molar-refractivity contribution in [3.8, 4) is 0 Å². The molecule has 1 atom stereocenters. The van der Waals surface area contributed by atoms with E-state index in [-0.39, 0.29) is 24.2 Å². The Morgan fingerprint density at radius 3 is 2.70 bits per heavy atom. The van der Waals surface area contributed by atoms with Crippen molar-refractivity contribution >= 4 is 29.9 Å². The van der Waals surface area contributed by atoms with E-state index in [1.54, 1.807) is 38.4 Å². The van der Waals surface area contributed by atoms with Crippen LogP contribution in [-0.4, -0.2) is 53.7 Å². The molecule has 0 saturated carbocycles. The molecule has 2 aromatic rings. The minimum atomic E-state index is -0.251. The van der Waals surface area contributed by atoms with Crippen LogP contribution in [0, 0.1) is 6.92 Å². The van der Waals surface area contributed by atoms with Crippen molar-refractivity contribution in [2.24, 2.45) is 0 Å². The van der Waals surface area contributed by atoms with Crippen molar-refractivity contribution in [3.63, 3.8) is 0 Å². The smallest absolute Gasteiger partial charge is 0.276 e. The largest absolute Gasteiger partial charge is 0.345 e. The summed E-state index contributed by atoms with van der Waals surface area (Å²) in [6.45, 7) is 3.78. The van der Waals surface area contributed by atoms with Gasteiger partial charge in [0.1, 0.15) is 0 Å². The molecule has 0 bridgehead atoms. The maximum atomic E-state index is 12.5. The van der Waals surface area contributed by atoms with Crippen molar-refractivity contribution in [1.82, 2.24) is 20.0 Å². The SMILES string of the molecule is Cc1cc(NC(=O)c2ccn(C3CCCNC3)n2)ccc1C(=O)N(C)C.Cl. The first-order valence-corrected chi connectivity index (χ1v) is 8.85. The number of aromatic nitrogens is 2. The van der Waals surface area contributed by atoms with Gasteiger partial charge in [-0.2, -0.15) is 5.10 Å². The summed E-state index contributed by atoms with van der Waals surface area (Å²) < 4.78 is 1.87. The van der Waals surface area contributed by atoms with Crippen LogP contribution < -0.4 is 10.6 Å². The third-order valence-electron chi connectivity index (χ3n) is 4.61. The average molecular weight is 392 g/mol. The Labute approximate surface area is 165 Å². The molecule has 27 heavy (non-hydrogen) atoms. The van der Waals surface area contributed by atoms with E-state index < -0.39 is 0 Å². The van der Waals surface area contributed by atoms with Crippen LogP contribution in [0.1, 0.15) is 45.3 Å². The summed E-state index contributed by atoms with van der Waals surface area (Å²) in [5.41, 5.74) is 2.49. The number of carbonyl (C=O) groups excluding carboxylic acids is 2. The second-order valence-corrected chi connectivity index (χ2v) is 6.86. The minimum absolute atomic E-state index is 0. The third-order valence-corrected chi connectivity index (χ3v) is 4.61. The second kappa shape index (κ2) is 9.01. The lowest BCUT2D eigenvalue weighted by Crippen LogP contribution is -2.32. The van der Waals surface area contributed by atoms with E-state index in [2.05, 4.69) is 15.7 Å². The normalized spacial score (nSPS) is 16.3. The molecule has 2 heterocycles. The molecule has 1 saturated heterocycles. The summed E-state index contributed by atoms with van der Waals surface area (Å²) in [6, 6.07) is 7.31. The molecule has 2 amide bonds. The number of halogens is 1. The predicted molar refractivity (Wildman–Crippen MR) is 108 cm³/mol. The van der Waals surface area contributed by atoms with Gasteiger partial charge in [0.15, 0.2) is 5.69 Å². The number of amides is 2. The van der Waals surface area contributed by atoms with Crippen LogP contribution in [-0.2, 0) is 0 Å². The van der Waals surface area contributed by atoms with Gasteiger partial charge >= 0.3 is 0 Å². The lowest BCUT2D eigenvalue weighted by atomic mass is 10.1. The second-order valence-electron chi connectivity index (χ2n) is 6.86. The highest BCUT2D eigenvalue weighted by Gasteiger charge is 2.18. The highest BCUT2D eigenvalue weighted by molar-refractivity contribution is 6.03. The lowest BCUT2D eigenvalue weighted by Gasteiger charge is -2.22. The highest BCUT2D eigenvalue weighted by Crippen LogP contribution is 2.18. The minimum Gasteiger partial charge on any atom is -0.345 e. The molecule has 7 nitrogen and oxygen atoms in total. The van der Waals surface area contributed by atoms with Gasteiger partial charge in [0.2, 0.25) is 0 Å². The monoisotopic (exact) mass is 391 g/mol. The van der Waals surface area contributed by atoms with E-state index in [0.29, 0.717) is 23.0 Å². The van der Waals surface area contributed by atoms with Crippen LogP contribution in [0.25, 0.3) is 0 Å². The Hall–Kier alpha value is -2.38. The van der Waals surface area contributed by atoms with Gasteiger partial charge in [-0.15, -0.1) is 12.4 Å². The van der Waals surface area contributed by atoms with Gasteiger partial charge in [-0.1, -0.05) is 0 Å². The summed E-state index contributed by atoms with van der Waals surface area (Å²) in [5.74, 6) is -0.307. The first kappa shape index (κ1) is 20.9. The van der Waals surface area contributed by atoms with Crippen LogP contribution in [0.5, 0.6) is 0 Å². The van der Waals surface area contributed by atoms with Gasteiger partial charge in [0.25, 0.3) is 11.8 Å². The molecule has 3 rings (SSSR count). The summed E-state index contributed by atoms with van der Waals surface area (Å²) in [4.78, 5) is 26.1. The number of aryl methyl sites for hydroxylation is 1. The molecule has 1 unspecified atom stereocenters. The number of hydrogen-bond donors (Lipinski definition) is 2. The predicted octanol–water partition coefficient (Wildman–Crippen LogP) is 2.49. The lowest BCUT2D eigenvalue weighted by molar-refractivity contribution is 0.0826. The maximum absolute atomic E-state index is 12.5. The van der Waals surface area contributed by atoms with Crippen LogP contribution in [0.3, 0.4) is 0 Å². The van der Waals surface area contributed by atoms with Gasteiger partial charge in [-0.25, -0.2) is 0 Å². The molecule has 1 fully saturated rings. The molecular weight excluding hydrogens is 366 g/mol. The first-order valence-electron chi connectivity index (χ1n) is 8.85. The van der Waals surface area contributed by atoms with Gasteiger partial charge in [0, 0.05) is 38.1 Å².